The van der Waals surface area contributed by atoms with Gasteiger partial charge >= 0.3 is 0 Å². The molecule has 20 heavy (non-hydrogen) atoms. The summed E-state index contributed by atoms with van der Waals surface area (Å²) in [5.74, 6) is 0.520. The van der Waals surface area contributed by atoms with Gasteiger partial charge in [-0.05, 0) is 44.9 Å². The largest absolute Gasteiger partial charge is 0.490 e. The van der Waals surface area contributed by atoms with Crippen molar-refractivity contribution >= 4 is 17.5 Å². The number of likely N-dealkylation sites (tertiary alicyclic amines) is 1. The van der Waals surface area contributed by atoms with Crippen LogP contribution in [-0.4, -0.2) is 36.0 Å². The molecule has 5 heteroatoms. The molecule has 0 spiro atoms. The van der Waals surface area contributed by atoms with Gasteiger partial charge in [0.1, 0.15) is 5.75 Å². The third-order valence-corrected chi connectivity index (χ3v) is 3.51. The summed E-state index contributed by atoms with van der Waals surface area (Å²) in [6.45, 7) is 5.19. The molecule has 0 saturated carbocycles. The quantitative estimate of drug-likeness (QED) is 0.933. The van der Waals surface area contributed by atoms with Crippen molar-refractivity contribution in [3.05, 3.63) is 28.8 Å². The van der Waals surface area contributed by atoms with E-state index in [-0.39, 0.29) is 18.1 Å². The van der Waals surface area contributed by atoms with E-state index in [2.05, 4.69) is 0 Å². The summed E-state index contributed by atoms with van der Waals surface area (Å²) >= 11 is 6.01. The lowest BCUT2D eigenvalue weighted by Crippen LogP contribution is -2.45. The maximum absolute atomic E-state index is 12.6. The summed E-state index contributed by atoms with van der Waals surface area (Å²) in [5, 5.41) is 0.533. The number of halogens is 1. The summed E-state index contributed by atoms with van der Waals surface area (Å²) in [7, 11) is 0. The van der Waals surface area contributed by atoms with Crippen molar-refractivity contribution in [3.63, 3.8) is 0 Å². The third-order valence-electron chi connectivity index (χ3n) is 3.28. The minimum Gasteiger partial charge on any atom is -0.490 e. The summed E-state index contributed by atoms with van der Waals surface area (Å²) in [6.07, 6.45) is 1.91. The zero-order chi connectivity index (χ0) is 14.7. The fourth-order valence-electron chi connectivity index (χ4n) is 2.39. The highest BCUT2D eigenvalue weighted by Gasteiger charge is 2.25. The van der Waals surface area contributed by atoms with E-state index >= 15 is 0 Å². The molecule has 1 atom stereocenters. The molecule has 1 heterocycles. The Hall–Kier alpha value is -1.26. The first-order valence-corrected chi connectivity index (χ1v) is 7.36. The Morgan fingerprint density at radius 1 is 1.50 bits per heavy atom. The van der Waals surface area contributed by atoms with Crippen LogP contribution in [0.1, 0.15) is 37.0 Å². The van der Waals surface area contributed by atoms with Crippen LogP contribution >= 0.6 is 11.6 Å². The minimum atomic E-state index is -0.0571. The number of rotatable bonds is 3. The number of benzene rings is 1. The normalized spacial score (nSPS) is 19.2. The highest BCUT2D eigenvalue weighted by molar-refractivity contribution is 6.31. The topological polar surface area (TPSA) is 55.6 Å². The number of carbonyl (C=O) groups excluding carboxylic acids is 1. The van der Waals surface area contributed by atoms with Crippen LogP contribution in [-0.2, 0) is 0 Å². The smallest absolute Gasteiger partial charge is 0.257 e. The summed E-state index contributed by atoms with van der Waals surface area (Å²) in [6, 6.07) is 5.21. The molecule has 1 aliphatic rings. The van der Waals surface area contributed by atoms with Crippen LogP contribution in [0.2, 0.25) is 5.02 Å². The second-order valence-electron chi connectivity index (χ2n) is 5.46. The standard InChI is InChI=1S/C15H21ClN2O2/c1-10(2)20-14-6-5-11(16)8-13(14)15(19)18-7-3-4-12(17)9-18/h5-6,8,10,12H,3-4,7,9,17H2,1-2H3/t12-/m0/s1. The van der Waals surface area contributed by atoms with Gasteiger partial charge in [-0.3, -0.25) is 4.79 Å². The number of ether oxygens (including phenoxy) is 1. The van der Waals surface area contributed by atoms with Gasteiger partial charge in [-0.15, -0.1) is 0 Å². The summed E-state index contributed by atoms with van der Waals surface area (Å²) in [4.78, 5) is 14.4. The highest BCUT2D eigenvalue weighted by atomic mass is 35.5. The van der Waals surface area contributed by atoms with Crippen LogP contribution in [0, 0.1) is 0 Å². The van der Waals surface area contributed by atoms with Gasteiger partial charge in [0.2, 0.25) is 0 Å². The molecule has 1 aromatic rings. The number of nitrogens with two attached hydrogens (primary N) is 1. The Balaban J connectivity index is 2.25. The Morgan fingerprint density at radius 3 is 2.90 bits per heavy atom. The number of hydrogen-bond donors (Lipinski definition) is 1. The summed E-state index contributed by atoms with van der Waals surface area (Å²) in [5.41, 5.74) is 6.45. The molecule has 0 aromatic heterocycles. The molecule has 1 aliphatic heterocycles. The van der Waals surface area contributed by atoms with Crippen molar-refractivity contribution in [2.24, 2.45) is 5.73 Å². The van der Waals surface area contributed by atoms with Gasteiger partial charge in [0.15, 0.2) is 0 Å². The lowest BCUT2D eigenvalue weighted by atomic mass is 10.0. The fourth-order valence-corrected chi connectivity index (χ4v) is 2.56. The summed E-state index contributed by atoms with van der Waals surface area (Å²) < 4.78 is 5.70. The Bertz CT molecular complexity index is 491. The van der Waals surface area contributed by atoms with Crippen molar-refractivity contribution in [3.8, 4) is 5.75 Å². The number of piperidine rings is 1. The molecule has 1 amide bonds. The molecule has 2 rings (SSSR count). The number of hydrogen-bond acceptors (Lipinski definition) is 3. The maximum Gasteiger partial charge on any atom is 0.257 e. The van der Waals surface area contributed by atoms with Crippen LogP contribution in [0.3, 0.4) is 0 Å². The van der Waals surface area contributed by atoms with E-state index in [1.165, 1.54) is 0 Å². The van der Waals surface area contributed by atoms with E-state index in [1.54, 1.807) is 23.1 Å². The molecule has 1 fully saturated rings. The molecule has 110 valence electrons. The molecule has 4 nitrogen and oxygen atoms in total. The van der Waals surface area contributed by atoms with Gasteiger partial charge in [0.25, 0.3) is 5.91 Å². The Labute approximate surface area is 124 Å². The molecule has 0 aliphatic carbocycles. The monoisotopic (exact) mass is 296 g/mol. The lowest BCUT2D eigenvalue weighted by Gasteiger charge is -2.31. The van der Waals surface area contributed by atoms with Crippen molar-refractivity contribution in [1.29, 1.82) is 0 Å². The van der Waals surface area contributed by atoms with Gasteiger partial charge in [-0.2, -0.15) is 0 Å². The highest BCUT2D eigenvalue weighted by Crippen LogP contribution is 2.26. The van der Waals surface area contributed by atoms with E-state index in [4.69, 9.17) is 22.1 Å². The Kier molecular flexibility index (Phi) is 4.89. The first kappa shape index (κ1) is 15.1. The van der Waals surface area contributed by atoms with Crippen molar-refractivity contribution in [2.75, 3.05) is 13.1 Å². The second kappa shape index (κ2) is 6.46. The van der Waals surface area contributed by atoms with Gasteiger partial charge in [0, 0.05) is 24.2 Å². The van der Waals surface area contributed by atoms with Gasteiger partial charge in [-0.1, -0.05) is 11.6 Å². The SMILES string of the molecule is CC(C)Oc1ccc(Cl)cc1C(=O)N1CCC[C@H](N)C1. The second-order valence-corrected chi connectivity index (χ2v) is 5.90. The zero-order valence-electron chi connectivity index (χ0n) is 11.9. The fraction of sp³-hybridized carbons (Fsp3) is 0.533. The van der Waals surface area contributed by atoms with E-state index in [0.29, 0.717) is 22.9 Å². The van der Waals surface area contributed by atoms with E-state index in [9.17, 15) is 4.79 Å². The molecule has 1 aromatic carbocycles. The molecule has 1 saturated heterocycles. The van der Waals surface area contributed by atoms with E-state index in [1.807, 2.05) is 13.8 Å². The van der Waals surface area contributed by atoms with Crippen LogP contribution in [0.15, 0.2) is 18.2 Å². The minimum absolute atomic E-state index is 0.00587. The average molecular weight is 297 g/mol. The van der Waals surface area contributed by atoms with Gasteiger partial charge in [0.05, 0.1) is 11.7 Å². The van der Waals surface area contributed by atoms with Crippen LogP contribution in [0.25, 0.3) is 0 Å². The van der Waals surface area contributed by atoms with Crippen LogP contribution < -0.4 is 10.5 Å². The third kappa shape index (κ3) is 3.64. The molecular weight excluding hydrogens is 276 g/mol. The first-order chi connectivity index (χ1) is 9.47. The molecule has 0 bridgehead atoms. The molecule has 2 N–H and O–H groups in total. The lowest BCUT2D eigenvalue weighted by molar-refractivity contribution is 0.0702. The average Bonchev–Trinajstić information content (AvgIpc) is 2.39. The first-order valence-electron chi connectivity index (χ1n) is 6.98. The van der Waals surface area contributed by atoms with Crippen molar-refractivity contribution in [1.82, 2.24) is 4.90 Å². The van der Waals surface area contributed by atoms with Crippen molar-refractivity contribution < 1.29 is 9.53 Å². The predicted molar refractivity (Wildman–Crippen MR) is 80.3 cm³/mol. The predicted octanol–water partition coefficient (Wildman–Crippen LogP) is 2.69. The molecule has 0 radical (unpaired) electrons. The van der Waals surface area contributed by atoms with E-state index < -0.39 is 0 Å². The molecule has 0 unspecified atom stereocenters. The number of amides is 1. The Morgan fingerprint density at radius 2 is 2.25 bits per heavy atom. The van der Waals surface area contributed by atoms with Crippen LogP contribution in [0.4, 0.5) is 0 Å². The zero-order valence-corrected chi connectivity index (χ0v) is 12.7. The number of nitrogens with zero attached hydrogens (tertiary/aromatic N) is 1. The molecular formula is C15H21ClN2O2. The van der Waals surface area contributed by atoms with E-state index in [0.717, 1.165) is 19.4 Å². The van der Waals surface area contributed by atoms with Crippen LogP contribution in [0.5, 0.6) is 5.75 Å². The number of carbonyl (C=O) groups is 1. The van der Waals surface area contributed by atoms with Gasteiger partial charge in [-0.25, -0.2) is 0 Å². The van der Waals surface area contributed by atoms with Crippen molar-refractivity contribution in [2.45, 2.75) is 38.8 Å². The maximum atomic E-state index is 12.6. The van der Waals surface area contributed by atoms with Gasteiger partial charge < -0.3 is 15.4 Å².